The fourth-order valence-corrected chi connectivity index (χ4v) is 2.68. The zero-order valence-corrected chi connectivity index (χ0v) is 11.9. The Morgan fingerprint density at radius 3 is 2.24 bits per heavy atom. The van der Waals surface area contributed by atoms with E-state index in [2.05, 4.69) is 0 Å². The van der Waals surface area contributed by atoms with Gasteiger partial charge in [0.2, 0.25) is 0 Å². The maximum absolute atomic E-state index is 13.0. The fraction of sp³-hybridized carbons (Fsp3) is 0.0714. The molecule has 0 saturated carbocycles. The summed E-state index contributed by atoms with van der Waals surface area (Å²) in [4.78, 5) is 11.3. The highest BCUT2D eigenvalue weighted by Crippen LogP contribution is 2.40. The van der Waals surface area contributed by atoms with Crippen LogP contribution in [-0.4, -0.2) is 11.1 Å². The van der Waals surface area contributed by atoms with E-state index in [4.69, 9.17) is 16.7 Å². The van der Waals surface area contributed by atoms with Crippen molar-refractivity contribution in [1.82, 2.24) is 0 Å². The molecule has 0 radical (unpaired) electrons. The molecule has 21 heavy (non-hydrogen) atoms. The zero-order valence-electron chi connectivity index (χ0n) is 10.3. The van der Waals surface area contributed by atoms with Crippen LogP contribution in [0.25, 0.3) is 0 Å². The predicted molar refractivity (Wildman–Crippen MR) is 74.0 cm³/mol. The first kappa shape index (κ1) is 15.7. The molecule has 0 aromatic heterocycles. The van der Waals surface area contributed by atoms with Crippen LogP contribution >= 0.6 is 23.4 Å². The van der Waals surface area contributed by atoms with Crippen molar-refractivity contribution in [1.29, 1.82) is 0 Å². The number of aromatic carboxylic acids is 1. The SMILES string of the molecule is O=C(O)c1ccc(Sc2ccc(Cl)cc2)c(C(F)(F)F)c1. The molecule has 0 unspecified atom stereocenters. The Labute approximate surface area is 127 Å². The Balaban J connectivity index is 2.43. The molecule has 0 aliphatic heterocycles. The summed E-state index contributed by atoms with van der Waals surface area (Å²) in [6.07, 6.45) is -4.62. The van der Waals surface area contributed by atoms with E-state index in [-0.39, 0.29) is 4.90 Å². The third-order valence-electron chi connectivity index (χ3n) is 2.57. The molecule has 1 N–H and O–H groups in total. The first-order chi connectivity index (χ1) is 9.77. The normalized spacial score (nSPS) is 11.4. The molecular weight excluding hydrogens is 325 g/mol. The summed E-state index contributed by atoms with van der Waals surface area (Å²) in [5.74, 6) is -1.40. The molecule has 2 nitrogen and oxygen atoms in total. The zero-order chi connectivity index (χ0) is 15.6. The average molecular weight is 333 g/mol. The van der Waals surface area contributed by atoms with Crippen LogP contribution in [0.5, 0.6) is 0 Å². The molecule has 0 saturated heterocycles. The average Bonchev–Trinajstić information content (AvgIpc) is 2.40. The molecule has 2 aromatic carbocycles. The summed E-state index contributed by atoms with van der Waals surface area (Å²) in [7, 11) is 0. The van der Waals surface area contributed by atoms with E-state index in [9.17, 15) is 18.0 Å². The first-order valence-electron chi connectivity index (χ1n) is 5.65. The van der Waals surface area contributed by atoms with Gasteiger partial charge in [0.1, 0.15) is 0 Å². The van der Waals surface area contributed by atoms with Gasteiger partial charge in [0.05, 0.1) is 11.1 Å². The van der Waals surface area contributed by atoms with Crippen molar-refractivity contribution in [2.75, 3.05) is 0 Å². The van der Waals surface area contributed by atoms with Crippen molar-refractivity contribution in [3.8, 4) is 0 Å². The molecule has 0 aliphatic carbocycles. The molecule has 110 valence electrons. The Kier molecular flexibility index (Phi) is 4.49. The summed E-state index contributed by atoms with van der Waals surface area (Å²) in [5.41, 5.74) is -1.37. The molecule has 0 fully saturated rings. The van der Waals surface area contributed by atoms with Gasteiger partial charge < -0.3 is 5.11 Å². The number of carbonyl (C=O) groups is 1. The van der Waals surface area contributed by atoms with Crippen molar-refractivity contribution in [2.45, 2.75) is 16.0 Å². The van der Waals surface area contributed by atoms with E-state index in [0.717, 1.165) is 23.9 Å². The van der Waals surface area contributed by atoms with Crippen LogP contribution in [0.4, 0.5) is 13.2 Å². The quantitative estimate of drug-likeness (QED) is 0.838. The molecule has 2 rings (SSSR count). The molecule has 0 spiro atoms. The number of carboxylic acids is 1. The van der Waals surface area contributed by atoms with Crippen molar-refractivity contribution in [3.63, 3.8) is 0 Å². The second-order valence-corrected chi connectivity index (χ2v) is 5.62. The number of halogens is 4. The Hall–Kier alpha value is -1.66. The van der Waals surface area contributed by atoms with Gasteiger partial charge >= 0.3 is 12.1 Å². The van der Waals surface area contributed by atoms with Crippen LogP contribution < -0.4 is 0 Å². The van der Waals surface area contributed by atoms with E-state index in [0.29, 0.717) is 16.0 Å². The monoisotopic (exact) mass is 332 g/mol. The minimum Gasteiger partial charge on any atom is -0.478 e. The first-order valence-corrected chi connectivity index (χ1v) is 6.85. The lowest BCUT2D eigenvalue weighted by atomic mass is 10.1. The third-order valence-corrected chi connectivity index (χ3v) is 3.91. The largest absolute Gasteiger partial charge is 0.478 e. The summed E-state index contributed by atoms with van der Waals surface area (Å²) in [6.45, 7) is 0. The number of alkyl halides is 3. The second kappa shape index (κ2) is 5.99. The van der Waals surface area contributed by atoms with Crippen molar-refractivity contribution >= 4 is 29.3 Å². The van der Waals surface area contributed by atoms with Crippen molar-refractivity contribution in [2.24, 2.45) is 0 Å². The lowest BCUT2D eigenvalue weighted by Gasteiger charge is -2.13. The number of hydrogen-bond acceptors (Lipinski definition) is 2. The summed E-state index contributed by atoms with van der Waals surface area (Å²) < 4.78 is 39.1. The summed E-state index contributed by atoms with van der Waals surface area (Å²) in [6, 6.07) is 9.28. The van der Waals surface area contributed by atoms with Gasteiger partial charge in [-0.3, -0.25) is 0 Å². The van der Waals surface area contributed by atoms with Crippen molar-refractivity contribution in [3.05, 3.63) is 58.6 Å². The Morgan fingerprint density at radius 2 is 1.71 bits per heavy atom. The van der Waals surface area contributed by atoms with E-state index in [1.54, 1.807) is 24.3 Å². The number of hydrogen-bond donors (Lipinski definition) is 1. The van der Waals surface area contributed by atoms with Crippen LogP contribution in [-0.2, 0) is 6.18 Å². The van der Waals surface area contributed by atoms with Gasteiger partial charge in [-0.15, -0.1) is 0 Å². The van der Waals surface area contributed by atoms with Gasteiger partial charge in [-0.25, -0.2) is 4.79 Å². The van der Waals surface area contributed by atoms with Crippen molar-refractivity contribution < 1.29 is 23.1 Å². The van der Waals surface area contributed by atoms with E-state index < -0.39 is 23.3 Å². The van der Waals surface area contributed by atoms with E-state index in [1.165, 1.54) is 0 Å². The minimum atomic E-state index is -4.62. The Bertz CT molecular complexity index is 669. The number of carboxylic acid groups (broad SMARTS) is 1. The van der Waals surface area contributed by atoms with Crippen LogP contribution in [0, 0.1) is 0 Å². The van der Waals surface area contributed by atoms with Gasteiger partial charge in [0.15, 0.2) is 0 Å². The van der Waals surface area contributed by atoms with Gasteiger partial charge in [0.25, 0.3) is 0 Å². The third kappa shape index (κ3) is 3.92. The standard InChI is InChI=1S/C14H8ClF3O2S/c15-9-2-4-10(5-3-9)21-12-6-1-8(13(19)20)7-11(12)14(16,17)18/h1-7H,(H,19,20). The number of rotatable bonds is 3. The van der Waals surface area contributed by atoms with E-state index >= 15 is 0 Å². The maximum atomic E-state index is 13.0. The topological polar surface area (TPSA) is 37.3 Å². The van der Waals surface area contributed by atoms with Crippen LogP contribution in [0.2, 0.25) is 5.02 Å². The summed E-state index contributed by atoms with van der Waals surface area (Å²) in [5, 5.41) is 9.28. The van der Waals surface area contributed by atoms with Crippen LogP contribution in [0.3, 0.4) is 0 Å². The second-order valence-electron chi connectivity index (χ2n) is 4.07. The predicted octanol–water partition coefficient (Wildman–Crippen LogP) is 5.21. The lowest BCUT2D eigenvalue weighted by Crippen LogP contribution is -2.09. The maximum Gasteiger partial charge on any atom is 0.417 e. The highest BCUT2D eigenvalue weighted by molar-refractivity contribution is 7.99. The van der Waals surface area contributed by atoms with E-state index in [1.807, 2.05) is 0 Å². The van der Waals surface area contributed by atoms with Gasteiger partial charge in [-0.05, 0) is 42.5 Å². The molecular formula is C14H8ClF3O2S. The summed E-state index contributed by atoms with van der Waals surface area (Å²) >= 11 is 6.62. The van der Waals surface area contributed by atoms with Gasteiger partial charge in [-0.1, -0.05) is 23.4 Å². The van der Waals surface area contributed by atoms with Gasteiger partial charge in [0, 0.05) is 14.8 Å². The molecule has 0 atom stereocenters. The molecule has 0 heterocycles. The van der Waals surface area contributed by atoms with Crippen LogP contribution in [0.1, 0.15) is 15.9 Å². The molecule has 7 heteroatoms. The molecule has 2 aromatic rings. The van der Waals surface area contributed by atoms with Gasteiger partial charge in [-0.2, -0.15) is 13.2 Å². The Morgan fingerprint density at radius 1 is 1.10 bits per heavy atom. The highest BCUT2D eigenvalue weighted by atomic mass is 35.5. The highest BCUT2D eigenvalue weighted by Gasteiger charge is 2.34. The molecule has 0 amide bonds. The fourth-order valence-electron chi connectivity index (χ4n) is 1.60. The molecule has 0 bridgehead atoms. The number of benzene rings is 2. The molecule has 0 aliphatic rings. The minimum absolute atomic E-state index is 0.0603. The van der Waals surface area contributed by atoms with Crippen LogP contribution in [0.15, 0.2) is 52.3 Å². The lowest BCUT2D eigenvalue weighted by molar-refractivity contribution is -0.139. The smallest absolute Gasteiger partial charge is 0.417 e.